The number of aromatic carboxylic acids is 1. The number of carbonyl (C=O) groups is 1. The molecule has 0 bridgehead atoms. The molecule has 0 unspecified atom stereocenters. The van der Waals surface area contributed by atoms with Crippen LogP contribution < -0.4 is 9.62 Å². The largest absolute Gasteiger partial charge is 0.478 e. The first-order chi connectivity index (χ1) is 13.2. The number of sulfonamides is 1. The van der Waals surface area contributed by atoms with Crippen molar-refractivity contribution in [1.29, 1.82) is 0 Å². The molecule has 1 saturated heterocycles. The van der Waals surface area contributed by atoms with Gasteiger partial charge in [0.25, 0.3) is 10.0 Å². The van der Waals surface area contributed by atoms with E-state index in [1.807, 2.05) is 24.8 Å². The number of morpholine rings is 1. The molecule has 2 aromatic carbocycles. The zero-order valence-electron chi connectivity index (χ0n) is 16.2. The van der Waals surface area contributed by atoms with Gasteiger partial charge in [-0.25, -0.2) is 13.2 Å². The second-order valence-electron chi connectivity index (χ2n) is 6.94. The van der Waals surface area contributed by atoms with Gasteiger partial charge in [-0.15, -0.1) is 0 Å². The second-order valence-corrected chi connectivity index (χ2v) is 8.59. The number of ether oxygens (including phenoxy) is 1. The molecule has 0 saturated carbocycles. The van der Waals surface area contributed by atoms with E-state index in [1.165, 1.54) is 12.1 Å². The Morgan fingerprint density at radius 2 is 1.68 bits per heavy atom. The van der Waals surface area contributed by atoms with E-state index in [0.29, 0.717) is 31.9 Å². The summed E-state index contributed by atoms with van der Waals surface area (Å²) < 4.78 is 33.6. The Morgan fingerprint density at radius 1 is 1.04 bits per heavy atom. The summed E-state index contributed by atoms with van der Waals surface area (Å²) in [7, 11) is -3.92. The van der Waals surface area contributed by atoms with Crippen molar-refractivity contribution in [2.24, 2.45) is 0 Å². The van der Waals surface area contributed by atoms with Crippen molar-refractivity contribution in [3.05, 3.63) is 52.6 Å². The molecule has 0 radical (unpaired) electrons. The number of carboxylic acid groups (broad SMARTS) is 1. The van der Waals surface area contributed by atoms with Crippen molar-refractivity contribution in [2.75, 3.05) is 35.9 Å². The molecule has 2 N–H and O–H groups in total. The molecule has 2 aromatic rings. The van der Waals surface area contributed by atoms with Crippen LogP contribution in [0.3, 0.4) is 0 Å². The van der Waals surface area contributed by atoms with E-state index in [-0.39, 0.29) is 16.1 Å². The average Bonchev–Trinajstić information content (AvgIpc) is 2.65. The summed E-state index contributed by atoms with van der Waals surface area (Å²) in [5, 5.41) is 9.61. The van der Waals surface area contributed by atoms with Crippen molar-refractivity contribution in [3.8, 4) is 0 Å². The Morgan fingerprint density at radius 3 is 2.32 bits per heavy atom. The highest BCUT2D eigenvalue weighted by Crippen LogP contribution is 2.28. The summed E-state index contributed by atoms with van der Waals surface area (Å²) in [4.78, 5) is 13.9. The standard InChI is InChI=1S/C20H24N2O5S/c1-13-10-15(3)19(11-14(13)2)28(25,26)21-18-5-4-16(12-17(18)20(23)24)22-6-8-27-9-7-22/h4-5,10-12,21H,6-9H2,1-3H3,(H,23,24). The van der Waals surface area contributed by atoms with Crippen LogP contribution in [0, 0.1) is 20.8 Å². The van der Waals surface area contributed by atoms with Gasteiger partial charge in [0.05, 0.1) is 29.4 Å². The smallest absolute Gasteiger partial charge is 0.337 e. The maximum atomic E-state index is 12.9. The second kappa shape index (κ2) is 7.81. The first-order valence-corrected chi connectivity index (χ1v) is 10.5. The molecule has 150 valence electrons. The van der Waals surface area contributed by atoms with E-state index in [4.69, 9.17) is 4.74 Å². The van der Waals surface area contributed by atoms with Crippen LogP contribution in [-0.4, -0.2) is 45.8 Å². The fraction of sp³-hybridized carbons (Fsp3) is 0.350. The molecule has 8 heteroatoms. The number of hydrogen-bond acceptors (Lipinski definition) is 5. The Bertz CT molecular complexity index is 1010. The van der Waals surface area contributed by atoms with E-state index < -0.39 is 16.0 Å². The lowest BCUT2D eigenvalue weighted by molar-refractivity contribution is 0.0698. The highest BCUT2D eigenvalue weighted by Gasteiger charge is 2.22. The number of benzene rings is 2. The zero-order chi connectivity index (χ0) is 20.5. The van der Waals surface area contributed by atoms with Gasteiger partial charge in [-0.2, -0.15) is 0 Å². The molecule has 0 aliphatic carbocycles. The number of anilines is 2. The number of hydrogen-bond donors (Lipinski definition) is 2. The lowest BCUT2D eigenvalue weighted by Crippen LogP contribution is -2.36. The van der Waals surface area contributed by atoms with E-state index in [2.05, 4.69) is 4.72 Å². The van der Waals surface area contributed by atoms with Gasteiger partial charge >= 0.3 is 5.97 Å². The third-order valence-corrected chi connectivity index (χ3v) is 6.44. The third-order valence-electron chi connectivity index (χ3n) is 4.93. The van der Waals surface area contributed by atoms with Gasteiger partial charge in [-0.05, 0) is 61.7 Å². The van der Waals surface area contributed by atoms with Crippen LogP contribution in [0.25, 0.3) is 0 Å². The number of carboxylic acids is 1. The zero-order valence-corrected chi connectivity index (χ0v) is 17.0. The maximum Gasteiger partial charge on any atom is 0.337 e. The van der Waals surface area contributed by atoms with E-state index in [0.717, 1.165) is 16.8 Å². The normalized spacial score (nSPS) is 14.8. The highest BCUT2D eigenvalue weighted by atomic mass is 32.2. The van der Waals surface area contributed by atoms with Gasteiger partial charge < -0.3 is 14.7 Å². The van der Waals surface area contributed by atoms with Crippen molar-refractivity contribution in [3.63, 3.8) is 0 Å². The van der Waals surface area contributed by atoms with Crippen LogP contribution in [0.4, 0.5) is 11.4 Å². The molecule has 1 fully saturated rings. The van der Waals surface area contributed by atoms with Crippen LogP contribution in [0.5, 0.6) is 0 Å². The fourth-order valence-electron chi connectivity index (χ4n) is 3.24. The monoisotopic (exact) mass is 404 g/mol. The summed E-state index contributed by atoms with van der Waals surface area (Å²) in [5.41, 5.74) is 3.14. The van der Waals surface area contributed by atoms with Crippen molar-refractivity contribution >= 4 is 27.4 Å². The summed E-state index contributed by atoms with van der Waals surface area (Å²) in [6.07, 6.45) is 0. The first kappa shape index (κ1) is 20.2. The van der Waals surface area contributed by atoms with Gasteiger partial charge in [0.1, 0.15) is 0 Å². The third kappa shape index (κ3) is 4.13. The highest BCUT2D eigenvalue weighted by molar-refractivity contribution is 7.92. The molecule has 1 aliphatic rings. The summed E-state index contributed by atoms with van der Waals surface area (Å²) in [6, 6.07) is 8.14. The van der Waals surface area contributed by atoms with Gasteiger partial charge in [0.15, 0.2) is 0 Å². The van der Waals surface area contributed by atoms with Crippen LogP contribution in [0.1, 0.15) is 27.0 Å². The Hall–Kier alpha value is -2.58. The molecule has 3 rings (SSSR count). The van der Waals surface area contributed by atoms with E-state index >= 15 is 0 Å². The first-order valence-electron chi connectivity index (χ1n) is 9.00. The Labute approximate surface area is 165 Å². The average molecular weight is 404 g/mol. The van der Waals surface area contributed by atoms with Crippen LogP contribution in [0.15, 0.2) is 35.2 Å². The van der Waals surface area contributed by atoms with Crippen molar-refractivity contribution in [1.82, 2.24) is 0 Å². The predicted molar refractivity (Wildman–Crippen MR) is 108 cm³/mol. The Balaban J connectivity index is 1.97. The minimum Gasteiger partial charge on any atom is -0.478 e. The van der Waals surface area contributed by atoms with Crippen molar-refractivity contribution in [2.45, 2.75) is 25.7 Å². The van der Waals surface area contributed by atoms with Crippen molar-refractivity contribution < 1.29 is 23.1 Å². The number of rotatable bonds is 5. The van der Waals surface area contributed by atoms with E-state index in [1.54, 1.807) is 19.1 Å². The van der Waals surface area contributed by atoms with Gasteiger partial charge in [0, 0.05) is 18.8 Å². The summed E-state index contributed by atoms with van der Waals surface area (Å²) in [6.45, 7) is 7.94. The van der Waals surface area contributed by atoms with Gasteiger partial charge in [-0.3, -0.25) is 4.72 Å². The lowest BCUT2D eigenvalue weighted by Gasteiger charge is -2.29. The molecule has 0 amide bonds. The van der Waals surface area contributed by atoms with Gasteiger partial charge in [0.2, 0.25) is 0 Å². The minimum atomic E-state index is -3.92. The van der Waals surface area contributed by atoms with Crippen LogP contribution >= 0.6 is 0 Å². The molecular weight excluding hydrogens is 380 g/mol. The van der Waals surface area contributed by atoms with Gasteiger partial charge in [-0.1, -0.05) is 6.07 Å². The lowest BCUT2D eigenvalue weighted by atomic mass is 10.1. The fourth-order valence-corrected chi connectivity index (χ4v) is 4.63. The molecule has 1 aliphatic heterocycles. The predicted octanol–water partition coefficient (Wildman–Crippen LogP) is 2.95. The molecule has 0 spiro atoms. The quantitative estimate of drug-likeness (QED) is 0.795. The number of nitrogens with zero attached hydrogens (tertiary/aromatic N) is 1. The molecule has 0 atom stereocenters. The minimum absolute atomic E-state index is 0.0436. The summed E-state index contributed by atoms with van der Waals surface area (Å²) in [5.74, 6) is -1.19. The number of nitrogens with one attached hydrogen (secondary N) is 1. The molecule has 7 nitrogen and oxygen atoms in total. The van der Waals surface area contributed by atoms with Crippen LogP contribution in [-0.2, 0) is 14.8 Å². The SMILES string of the molecule is Cc1cc(C)c(S(=O)(=O)Nc2ccc(N3CCOCC3)cc2C(=O)O)cc1C. The molecular formula is C20H24N2O5S. The molecule has 1 heterocycles. The number of aryl methyl sites for hydroxylation is 3. The maximum absolute atomic E-state index is 12.9. The topological polar surface area (TPSA) is 95.9 Å². The molecule has 0 aromatic heterocycles. The molecule has 28 heavy (non-hydrogen) atoms. The summed E-state index contributed by atoms with van der Waals surface area (Å²) >= 11 is 0. The van der Waals surface area contributed by atoms with Crippen LogP contribution in [0.2, 0.25) is 0 Å². The Kier molecular flexibility index (Phi) is 5.62. The van der Waals surface area contributed by atoms with E-state index in [9.17, 15) is 18.3 Å².